The number of carboxylic acids is 1. The highest BCUT2D eigenvalue weighted by molar-refractivity contribution is 5.84. The highest BCUT2D eigenvalue weighted by atomic mass is 16.4. The molecule has 0 saturated heterocycles. The van der Waals surface area contributed by atoms with Crippen LogP contribution in [0.15, 0.2) is 4.99 Å². The van der Waals surface area contributed by atoms with Gasteiger partial charge in [0.2, 0.25) is 0 Å². The van der Waals surface area contributed by atoms with Crippen LogP contribution >= 0.6 is 0 Å². The van der Waals surface area contributed by atoms with Crippen LogP contribution in [-0.2, 0) is 4.79 Å². The minimum Gasteiger partial charge on any atom is -0.481 e. The van der Waals surface area contributed by atoms with Crippen LogP contribution < -0.4 is 0 Å². The lowest BCUT2D eigenvalue weighted by Gasteiger charge is -1.77. The Morgan fingerprint density at radius 3 is 2.71 bits per heavy atom. The van der Waals surface area contributed by atoms with Crippen molar-refractivity contribution in [1.82, 2.24) is 0 Å². The van der Waals surface area contributed by atoms with E-state index >= 15 is 0 Å². The first-order valence-corrected chi connectivity index (χ1v) is 1.89. The summed E-state index contributed by atoms with van der Waals surface area (Å²) in [6.45, 7) is 0. The summed E-state index contributed by atoms with van der Waals surface area (Å²) in [5.41, 5.74) is 0. The molecule has 0 heterocycles. The van der Waals surface area contributed by atoms with E-state index in [9.17, 15) is 4.79 Å². The van der Waals surface area contributed by atoms with Crippen molar-refractivity contribution in [2.24, 2.45) is 4.99 Å². The smallest absolute Gasteiger partial charge is 0.308 e. The summed E-state index contributed by atoms with van der Waals surface area (Å²) in [6.07, 6.45) is 1.37. The first-order chi connectivity index (χ1) is 3.27. The van der Waals surface area contributed by atoms with Crippen LogP contribution in [0.25, 0.3) is 0 Å². The van der Waals surface area contributed by atoms with E-state index < -0.39 is 5.97 Å². The van der Waals surface area contributed by atoms with E-state index in [2.05, 4.69) is 4.99 Å². The van der Waals surface area contributed by atoms with Gasteiger partial charge < -0.3 is 10.1 Å². The van der Waals surface area contributed by atoms with Crippen molar-refractivity contribution in [2.75, 3.05) is 7.05 Å². The Hall–Kier alpha value is -0.860. The van der Waals surface area contributed by atoms with Crippen LogP contribution in [0, 0.1) is 0 Å². The van der Waals surface area contributed by atoms with Crippen molar-refractivity contribution in [2.45, 2.75) is 6.42 Å². The normalized spacial score (nSPS) is 9.86. The summed E-state index contributed by atoms with van der Waals surface area (Å²) < 4.78 is 0. The molecule has 0 amide bonds. The monoisotopic (exact) mass is 101 g/mol. The topological polar surface area (TPSA) is 49.7 Å². The largest absolute Gasteiger partial charge is 0.481 e. The molecule has 0 bridgehead atoms. The fraction of sp³-hybridized carbons (Fsp3) is 0.500. The summed E-state index contributed by atoms with van der Waals surface area (Å²) >= 11 is 0. The van der Waals surface area contributed by atoms with Crippen molar-refractivity contribution in [3.63, 3.8) is 0 Å². The number of hydrogen-bond donors (Lipinski definition) is 1. The van der Waals surface area contributed by atoms with Gasteiger partial charge in [-0.25, -0.2) is 0 Å². The molecule has 0 aliphatic heterocycles. The molecule has 7 heavy (non-hydrogen) atoms. The van der Waals surface area contributed by atoms with E-state index in [0.29, 0.717) is 0 Å². The van der Waals surface area contributed by atoms with Crippen LogP contribution in [-0.4, -0.2) is 24.3 Å². The second-order valence-electron chi connectivity index (χ2n) is 1.04. The number of hydrogen-bond acceptors (Lipinski definition) is 2. The number of aliphatic imine (C=N–C) groups is 1. The third kappa shape index (κ3) is 5.14. The average molecular weight is 101 g/mol. The molecule has 1 N–H and O–H groups in total. The number of carboxylic acid groups (broad SMARTS) is 1. The van der Waals surface area contributed by atoms with Gasteiger partial charge in [0, 0.05) is 13.3 Å². The van der Waals surface area contributed by atoms with E-state index in [1.54, 1.807) is 7.05 Å². The Labute approximate surface area is 41.7 Å². The van der Waals surface area contributed by atoms with Gasteiger partial charge in [-0.05, 0) is 0 Å². The second-order valence-corrected chi connectivity index (χ2v) is 1.04. The van der Waals surface area contributed by atoms with Crippen LogP contribution in [0.3, 0.4) is 0 Å². The predicted octanol–water partition coefficient (Wildman–Crippen LogP) is 0.162. The SMILES string of the molecule is C/N=C/CC(=O)O. The first kappa shape index (κ1) is 6.14. The Balaban J connectivity index is 3.14. The van der Waals surface area contributed by atoms with E-state index in [-0.39, 0.29) is 6.42 Å². The van der Waals surface area contributed by atoms with Crippen molar-refractivity contribution in [3.05, 3.63) is 0 Å². The molecule has 0 aromatic carbocycles. The van der Waals surface area contributed by atoms with Gasteiger partial charge in [-0.3, -0.25) is 4.79 Å². The van der Waals surface area contributed by atoms with E-state index in [4.69, 9.17) is 5.11 Å². The molecule has 40 valence electrons. The molecule has 0 aromatic rings. The fourth-order valence-corrected chi connectivity index (χ4v) is 0.169. The molecule has 0 aromatic heterocycles. The molecule has 0 fully saturated rings. The Bertz CT molecular complexity index is 87.7. The van der Waals surface area contributed by atoms with Crippen LogP contribution in [0.2, 0.25) is 0 Å². The van der Waals surface area contributed by atoms with Gasteiger partial charge in [-0.2, -0.15) is 0 Å². The molecule has 0 rings (SSSR count). The molecular formula is C4H7NO2. The number of aliphatic carboxylic acids is 1. The highest BCUT2D eigenvalue weighted by Crippen LogP contribution is 1.69. The maximum Gasteiger partial charge on any atom is 0.308 e. The molecule has 0 radical (unpaired) electrons. The highest BCUT2D eigenvalue weighted by Gasteiger charge is 1.86. The third-order valence-corrected chi connectivity index (χ3v) is 0.448. The zero-order valence-electron chi connectivity index (χ0n) is 4.09. The maximum atomic E-state index is 9.67. The van der Waals surface area contributed by atoms with Gasteiger partial charge in [-0.15, -0.1) is 0 Å². The maximum absolute atomic E-state index is 9.67. The summed E-state index contributed by atoms with van der Waals surface area (Å²) in [7, 11) is 1.54. The first-order valence-electron chi connectivity index (χ1n) is 1.89. The fourth-order valence-electron chi connectivity index (χ4n) is 0.169. The van der Waals surface area contributed by atoms with E-state index in [1.165, 1.54) is 6.21 Å². The number of rotatable bonds is 2. The Morgan fingerprint density at radius 1 is 2.00 bits per heavy atom. The number of nitrogens with zero attached hydrogens (tertiary/aromatic N) is 1. The lowest BCUT2D eigenvalue weighted by molar-refractivity contribution is -0.135. The van der Waals surface area contributed by atoms with Crippen LogP contribution in [0.5, 0.6) is 0 Å². The van der Waals surface area contributed by atoms with Gasteiger partial charge in [0.1, 0.15) is 0 Å². The molecule has 0 spiro atoms. The van der Waals surface area contributed by atoms with Crippen molar-refractivity contribution in [3.8, 4) is 0 Å². The zero-order chi connectivity index (χ0) is 5.70. The number of carbonyl (C=O) groups is 1. The molecule has 0 atom stereocenters. The van der Waals surface area contributed by atoms with E-state index in [1.807, 2.05) is 0 Å². The van der Waals surface area contributed by atoms with Gasteiger partial charge in [-0.1, -0.05) is 0 Å². The van der Waals surface area contributed by atoms with Crippen molar-refractivity contribution in [1.29, 1.82) is 0 Å². The molecular weight excluding hydrogens is 94.0 g/mol. The predicted molar refractivity (Wildman–Crippen MR) is 26.7 cm³/mol. The third-order valence-electron chi connectivity index (χ3n) is 0.448. The van der Waals surface area contributed by atoms with Gasteiger partial charge in [0.15, 0.2) is 0 Å². The summed E-state index contributed by atoms with van der Waals surface area (Å²) in [5, 5.41) is 7.95. The van der Waals surface area contributed by atoms with Crippen LogP contribution in [0.4, 0.5) is 0 Å². The minimum absolute atomic E-state index is 0.0243. The van der Waals surface area contributed by atoms with Crippen molar-refractivity contribution < 1.29 is 9.90 Å². The molecule has 0 aliphatic carbocycles. The summed E-state index contributed by atoms with van der Waals surface area (Å²) in [4.78, 5) is 13.1. The lowest BCUT2D eigenvalue weighted by atomic mass is 10.5. The lowest BCUT2D eigenvalue weighted by Crippen LogP contribution is -1.93. The second kappa shape index (κ2) is 3.33. The van der Waals surface area contributed by atoms with E-state index in [0.717, 1.165) is 0 Å². The Morgan fingerprint density at radius 2 is 2.57 bits per heavy atom. The van der Waals surface area contributed by atoms with Crippen LogP contribution in [0.1, 0.15) is 6.42 Å². The quantitative estimate of drug-likeness (QED) is 0.504. The molecule has 0 aliphatic rings. The van der Waals surface area contributed by atoms with Gasteiger partial charge in [0.25, 0.3) is 0 Å². The molecule has 0 unspecified atom stereocenters. The van der Waals surface area contributed by atoms with Crippen molar-refractivity contribution >= 4 is 12.2 Å². The average Bonchev–Trinajstić information content (AvgIpc) is 1.61. The molecule has 0 saturated carbocycles. The molecule has 3 nitrogen and oxygen atoms in total. The van der Waals surface area contributed by atoms with Gasteiger partial charge in [0.05, 0.1) is 6.42 Å². The minimum atomic E-state index is -0.842. The van der Waals surface area contributed by atoms with Gasteiger partial charge >= 0.3 is 5.97 Å². The zero-order valence-corrected chi connectivity index (χ0v) is 4.09. The molecule has 3 heteroatoms. The summed E-state index contributed by atoms with van der Waals surface area (Å²) in [6, 6.07) is 0. The Kier molecular flexibility index (Phi) is 2.92. The standard InChI is InChI=1S/C4H7NO2/c1-5-3-2-4(6)7/h3H,2H2,1H3,(H,6,7)/b5-3+. The summed E-state index contributed by atoms with van der Waals surface area (Å²) in [5.74, 6) is -0.842.